The number of fused-ring (bicyclic) bond motifs is 7. The van der Waals surface area contributed by atoms with Crippen LogP contribution in [0.4, 0.5) is 22.7 Å². The van der Waals surface area contributed by atoms with Gasteiger partial charge in [0, 0.05) is 72.5 Å². The first kappa shape index (κ1) is 47.9. The van der Waals surface area contributed by atoms with Gasteiger partial charge in [0.05, 0.1) is 5.41 Å². The number of para-hydroxylation sites is 3. The van der Waals surface area contributed by atoms with Crippen molar-refractivity contribution >= 4 is 44.6 Å². The minimum absolute atomic E-state index is 0. The van der Waals surface area contributed by atoms with Crippen molar-refractivity contribution in [3.8, 4) is 50.7 Å². The van der Waals surface area contributed by atoms with Crippen LogP contribution in [0.5, 0.6) is 11.5 Å². The predicted octanol–water partition coefficient (Wildman–Crippen LogP) is 18.0. The molecule has 0 amide bonds. The minimum atomic E-state index is -0.610. The topological polar surface area (TPSA) is 33.5 Å². The van der Waals surface area contributed by atoms with Crippen molar-refractivity contribution in [2.24, 2.45) is 0 Å². The van der Waals surface area contributed by atoms with E-state index in [2.05, 4.69) is 278 Å². The molecule has 0 saturated heterocycles. The van der Waals surface area contributed by atoms with Crippen LogP contribution in [0, 0.1) is 18.8 Å². The SMILES string of the molecule is CC(C)(C)c1ccnc(-n2c3[c-]c(Oc4[c-]c(N5[CH-]N(c6c(-c7ccccc7)cc(C7(c8ccccc8)c8ccccc8-c8ccccc87)cc6-c6ccccc6)c6ccccc65)ccc4)ccc3c3ccccc32)c1.[Pt]. The van der Waals surface area contributed by atoms with Gasteiger partial charge in [0.1, 0.15) is 5.82 Å². The Morgan fingerprint density at radius 3 is 1.71 bits per heavy atom. The number of aromatic nitrogens is 2. The predicted molar refractivity (Wildman–Crippen MR) is 311 cm³/mol. The molecule has 0 fully saturated rings. The molecule has 374 valence electrons. The van der Waals surface area contributed by atoms with Gasteiger partial charge in [-0.1, -0.05) is 196 Å². The largest absolute Gasteiger partial charge is 0.509 e. The number of hydrogen-bond acceptors (Lipinski definition) is 4. The van der Waals surface area contributed by atoms with E-state index in [-0.39, 0.29) is 26.5 Å². The molecule has 0 unspecified atom stereocenters. The maximum absolute atomic E-state index is 6.76. The van der Waals surface area contributed by atoms with Crippen LogP contribution in [-0.2, 0) is 31.9 Å². The Morgan fingerprint density at radius 1 is 0.481 bits per heavy atom. The van der Waals surface area contributed by atoms with E-state index >= 15 is 0 Å². The second-order valence-corrected chi connectivity index (χ2v) is 20.8. The maximum atomic E-state index is 6.76. The van der Waals surface area contributed by atoms with Gasteiger partial charge in [0.25, 0.3) is 0 Å². The molecule has 2 aromatic heterocycles. The van der Waals surface area contributed by atoms with Gasteiger partial charge in [-0.3, -0.25) is 0 Å². The average molecular weight is 1170 g/mol. The van der Waals surface area contributed by atoms with E-state index in [0.717, 1.165) is 72.6 Å². The molecule has 10 aromatic carbocycles. The van der Waals surface area contributed by atoms with E-state index in [1.165, 1.54) is 38.9 Å². The normalized spacial score (nSPS) is 13.3. The van der Waals surface area contributed by atoms with E-state index in [0.29, 0.717) is 11.5 Å². The van der Waals surface area contributed by atoms with Crippen molar-refractivity contribution in [2.75, 3.05) is 9.80 Å². The van der Waals surface area contributed by atoms with E-state index in [1.54, 1.807) is 0 Å². The Balaban J connectivity index is 0.00000566. The number of rotatable bonds is 9. The molecule has 0 bridgehead atoms. The molecule has 3 heterocycles. The first-order valence-electron chi connectivity index (χ1n) is 26.0. The summed E-state index contributed by atoms with van der Waals surface area (Å²) in [5.74, 6) is 2.01. The van der Waals surface area contributed by atoms with Crippen LogP contribution in [-0.4, -0.2) is 9.55 Å². The van der Waals surface area contributed by atoms with Crippen molar-refractivity contribution in [1.82, 2.24) is 9.55 Å². The Hall–Kier alpha value is -8.76. The molecule has 77 heavy (non-hydrogen) atoms. The van der Waals surface area contributed by atoms with Gasteiger partial charge >= 0.3 is 0 Å². The van der Waals surface area contributed by atoms with Gasteiger partial charge in [-0.2, -0.15) is 12.1 Å². The Morgan fingerprint density at radius 2 is 1.05 bits per heavy atom. The van der Waals surface area contributed by atoms with Crippen LogP contribution in [0.1, 0.15) is 48.6 Å². The summed E-state index contributed by atoms with van der Waals surface area (Å²) in [6.07, 6.45) is 1.90. The van der Waals surface area contributed by atoms with Gasteiger partial charge in [0.15, 0.2) is 0 Å². The molecule has 0 atom stereocenters. The summed E-state index contributed by atoms with van der Waals surface area (Å²) in [7, 11) is 0. The minimum Gasteiger partial charge on any atom is -0.509 e. The second-order valence-electron chi connectivity index (χ2n) is 20.8. The van der Waals surface area contributed by atoms with Crippen LogP contribution in [0.3, 0.4) is 0 Å². The smallest absolute Gasteiger partial charge is 0.135 e. The third kappa shape index (κ3) is 7.91. The van der Waals surface area contributed by atoms with Crippen LogP contribution in [0.15, 0.2) is 249 Å². The van der Waals surface area contributed by atoms with Crippen molar-refractivity contribution in [2.45, 2.75) is 31.6 Å². The maximum Gasteiger partial charge on any atom is 0.135 e. The fourth-order valence-corrected chi connectivity index (χ4v) is 11.9. The molecule has 5 nitrogen and oxygen atoms in total. The van der Waals surface area contributed by atoms with Crippen LogP contribution in [0.2, 0.25) is 0 Å². The summed E-state index contributed by atoms with van der Waals surface area (Å²) in [4.78, 5) is 9.50. The molecule has 12 aromatic rings. The molecule has 2 aliphatic rings. The molecule has 0 saturated carbocycles. The number of benzene rings is 10. The van der Waals surface area contributed by atoms with Crippen LogP contribution < -0.4 is 14.5 Å². The van der Waals surface area contributed by atoms with E-state index < -0.39 is 5.41 Å². The molecule has 14 rings (SSSR count). The summed E-state index contributed by atoms with van der Waals surface area (Å²) in [5.41, 5.74) is 18.5. The summed E-state index contributed by atoms with van der Waals surface area (Å²) in [5, 5.41) is 2.22. The number of hydrogen-bond donors (Lipinski definition) is 0. The fourth-order valence-electron chi connectivity index (χ4n) is 11.9. The van der Waals surface area contributed by atoms with Crippen LogP contribution >= 0.6 is 0 Å². The van der Waals surface area contributed by atoms with Gasteiger partial charge in [-0.05, 0) is 103 Å². The van der Waals surface area contributed by atoms with E-state index in [4.69, 9.17) is 9.72 Å². The standard InChI is InChI=1S/C71H51N4O.Pt/c1-70(2,3)51-40-41-72-68(44-51)75-64-35-18-15-32-58(64)59-39-38-55(46-67(59)75)76-54-29-21-28-53(45-54)73-47-74(66-37-20-19-36-65(66)73)69-60(48-22-7-4-8-23-48)42-52(43-61(69)49-24-9-5-10-25-49)71(50-26-11-6-12-27-50)62-33-16-13-30-56(62)57-31-14-17-34-63(57)71;/h4-44,47H,1-3H3;/q-3;. The van der Waals surface area contributed by atoms with Gasteiger partial charge in [-0.25, -0.2) is 4.98 Å². The van der Waals surface area contributed by atoms with Gasteiger partial charge in [0.2, 0.25) is 0 Å². The van der Waals surface area contributed by atoms with Crippen molar-refractivity contribution in [1.29, 1.82) is 0 Å². The third-order valence-corrected chi connectivity index (χ3v) is 15.4. The summed E-state index contributed by atoms with van der Waals surface area (Å²) < 4.78 is 8.96. The molecule has 1 aliphatic heterocycles. The first-order valence-corrected chi connectivity index (χ1v) is 26.0. The monoisotopic (exact) mass is 1170 g/mol. The van der Waals surface area contributed by atoms with Crippen molar-refractivity contribution in [3.63, 3.8) is 0 Å². The van der Waals surface area contributed by atoms with Crippen LogP contribution in [0.25, 0.3) is 61.0 Å². The van der Waals surface area contributed by atoms with Gasteiger partial charge < -0.3 is 19.1 Å². The zero-order chi connectivity index (χ0) is 51.0. The summed E-state index contributed by atoms with van der Waals surface area (Å²) in [6, 6.07) is 94.7. The van der Waals surface area contributed by atoms with E-state index in [9.17, 15) is 0 Å². The van der Waals surface area contributed by atoms with Gasteiger partial charge in [-0.15, -0.1) is 48.1 Å². The molecule has 1 aliphatic carbocycles. The molecule has 0 spiro atoms. The molecule has 0 radical (unpaired) electrons. The third-order valence-electron chi connectivity index (χ3n) is 15.4. The Kier molecular flexibility index (Phi) is 11.9. The number of anilines is 4. The fraction of sp³-hybridized carbons (Fsp3) is 0.0704. The zero-order valence-corrected chi connectivity index (χ0v) is 45.0. The van der Waals surface area contributed by atoms with E-state index in [1.807, 2.05) is 24.4 Å². The number of pyridine rings is 1. The molecular weight excluding hydrogens is 1120 g/mol. The number of ether oxygens (including phenoxy) is 1. The summed E-state index contributed by atoms with van der Waals surface area (Å²) in [6.45, 7) is 8.91. The summed E-state index contributed by atoms with van der Waals surface area (Å²) >= 11 is 0. The Labute approximate surface area is 464 Å². The molecular formula is C71H51N4OPt-3. The quantitative estimate of drug-likeness (QED) is 0.135. The zero-order valence-electron chi connectivity index (χ0n) is 42.8. The Bertz CT molecular complexity index is 4080. The molecule has 6 heteroatoms. The first-order chi connectivity index (χ1) is 37.3. The van der Waals surface area contributed by atoms with Crippen molar-refractivity contribution in [3.05, 3.63) is 295 Å². The van der Waals surface area contributed by atoms with Crippen molar-refractivity contribution < 1.29 is 25.8 Å². The number of nitrogens with zero attached hydrogens (tertiary/aromatic N) is 4. The molecule has 0 N–H and O–H groups in total. The second kappa shape index (κ2) is 19.1. The average Bonchev–Trinajstić information content (AvgIpc) is 4.19.